The number of amides is 1. The first-order valence-corrected chi connectivity index (χ1v) is 9.12. The van der Waals surface area contributed by atoms with Crippen molar-refractivity contribution in [3.63, 3.8) is 0 Å². The molecule has 128 valence electrons. The van der Waals surface area contributed by atoms with Crippen molar-refractivity contribution in [2.45, 2.75) is 30.2 Å². The van der Waals surface area contributed by atoms with Crippen molar-refractivity contribution in [2.24, 2.45) is 17.4 Å². The van der Waals surface area contributed by atoms with Crippen LogP contribution in [-0.2, 0) is 14.8 Å². The number of carbonyl (C=O) groups excluding carboxylic acids is 1. The molecule has 1 aliphatic rings. The Balaban J connectivity index is 2.27. The molecule has 1 fully saturated rings. The lowest BCUT2D eigenvalue weighted by atomic mass is 10.1. The molecule has 23 heavy (non-hydrogen) atoms. The Morgan fingerprint density at radius 1 is 1.39 bits per heavy atom. The molecule has 1 saturated carbocycles. The van der Waals surface area contributed by atoms with Crippen LogP contribution in [0.3, 0.4) is 0 Å². The van der Waals surface area contributed by atoms with Crippen molar-refractivity contribution in [1.29, 1.82) is 0 Å². The molecule has 0 heterocycles. The van der Waals surface area contributed by atoms with E-state index in [1.165, 1.54) is 18.2 Å². The first-order valence-electron chi connectivity index (χ1n) is 7.26. The van der Waals surface area contributed by atoms with Crippen LogP contribution in [-0.4, -0.2) is 33.5 Å². The molecule has 0 aliphatic heterocycles. The van der Waals surface area contributed by atoms with E-state index in [2.05, 4.69) is 4.72 Å². The van der Waals surface area contributed by atoms with Crippen LogP contribution in [0.2, 0.25) is 5.02 Å². The first-order chi connectivity index (χ1) is 10.8. The largest absolute Gasteiger partial charge is 0.482 e. The lowest BCUT2D eigenvalue weighted by molar-refractivity contribution is -0.120. The minimum absolute atomic E-state index is 0.0306. The zero-order valence-corrected chi connectivity index (χ0v) is 14.1. The maximum atomic E-state index is 12.7. The summed E-state index contributed by atoms with van der Waals surface area (Å²) in [5.41, 5.74) is 10.7. The number of rotatable bonds is 7. The Hall–Kier alpha value is -1.35. The number of carbonyl (C=O) groups is 1. The van der Waals surface area contributed by atoms with Crippen LogP contribution in [0.4, 0.5) is 0 Å². The van der Waals surface area contributed by atoms with E-state index in [9.17, 15) is 13.2 Å². The maximum Gasteiger partial charge on any atom is 0.255 e. The summed E-state index contributed by atoms with van der Waals surface area (Å²) in [5, 5.41) is 0.249. The van der Waals surface area contributed by atoms with E-state index in [4.69, 9.17) is 27.8 Å². The van der Waals surface area contributed by atoms with Crippen molar-refractivity contribution in [2.75, 3.05) is 13.2 Å². The summed E-state index contributed by atoms with van der Waals surface area (Å²) in [7, 11) is -3.85. The second-order valence-electron chi connectivity index (χ2n) is 5.50. The SMILES string of the molecule is NCC1CCCC1NS(=O)(=O)c1cc(Cl)ccc1OCC(N)=O. The maximum absolute atomic E-state index is 12.7. The number of nitrogens with one attached hydrogen (secondary N) is 1. The van der Waals surface area contributed by atoms with Crippen molar-refractivity contribution >= 4 is 27.5 Å². The van der Waals surface area contributed by atoms with Crippen LogP contribution in [0, 0.1) is 5.92 Å². The van der Waals surface area contributed by atoms with Crippen molar-refractivity contribution in [1.82, 2.24) is 4.72 Å². The number of hydrogen-bond acceptors (Lipinski definition) is 5. The average Bonchev–Trinajstić information content (AvgIpc) is 2.92. The highest BCUT2D eigenvalue weighted by Gasteiger charge is 2.31. The summed E-state index contributed by atoms with van der Waals surface area (Å²) in [5.74, 6) is -0.558. The van der Waals surface area contributed by atoms with Crippen LogP contribution < -0.4 is 20.9 Å². The molecule has 7 nitrogen and oxygen atoms in total. The third kappa shape index (κ3) is 4.57. The van der Waals surface area contributed by atoms with E-state index in [-0.39, 0.29) is 27.6 Å². The molecular weight excluding hydrogens is 342 g/mol. The Labute approximate surface area is 140 Å². The number of primary amides is 1. The van der Waals surface area contributed by atoms with Crippen molar-refractivity contribution in [3.05, 3.63) is 23.2 Å². The minimum Gasteiger partial charge on any atom is -0.482 e. The van der Waals surface area contributed by atoms with Crippen molar-refractivity contribution in [3.8, 4) is 5.75 Å². The molecule has 1 aliphatic carbocycles. The van der Waals surface area contributed by atoms with Gasteiger partial charge in [-0.05, 0) is 43.5 Å². The molecule has 2 unspecified atom stereocenters. The molecule has 1 aromatic rings. The van der Waals surface area contributed by atoms with E-state index in [0.29, 0.717) is 6.54 Å². The molecule has 0 spiro atoms. The number of benzene rings is 1. The Morgan fingerprint density at radius 2 is 2.13 bits per heavy atom. The van der Waals surface area contributed by atoms with Gasteiger partial charge >= 0.3 is 0 Å². The van der Waals surface area contributed by atoms with Gasteiger partial charge < -0.3 is 16.2 Å². The van der Waals surface area contributed by atoms with Crippen LogP contribution in [0.25, 0.3) is 0 Å². The van der Waals surface area contributed by atoms with Gasteiger partial charge in [-0.2, -0.15) is 0 Å². The van der Waals surface area contributed by atoms with Gasteiger partial charge in [0.2, 0.25) is 10.0 Å². The summed E-state index contributed by atoms with van der Waals surface area (Å²) in [4.78, 5) is 10.7. The van der Waals surface area contributed by atoms with Crippen LogP contribution in [0.15, 0.2) is 23.1 Å². The number of halogens is 1. The van der Waals surface area contributed by atoms with Crippen LogP contribution in [0.5, 0.6) is 5.75 Å². The fourth-order valence-corrected chi connectivity index (χ4v) is 4.44. The number of nitrogens with two attached hydrogens (primary N) is 2. The average molecular weight is 362 g/mol. The van der Waals surface area contributed by atoms with Gasteiger partial charge in [0.1, 0.15) is 10.6 Å². The van der Waals surface area contributed by atoms with E-state index in [1.54, 1.807) is 0 Å². The Kier molecular flexibility index (Phi) is 5.85. The standard InChI is InChI=1S/C14H20ClN3O4S/c15-10-4-5-12(22-8-14(17)19)13(6-10)23(20,21)18-11-3-1-2-9(11)7-16/h4-6,9,11,18H,1-3,7-8,16H2,(H2,17,19). The third-order valence-electron chi connectivity index (χ3n) is 3.83. The summed E-state index contributed by atoms with van der Waals surface area (Å²) in [6.07, 6.45) is 2.55. The van der Waals surface area contributed by atoms with Crippen LogP contribution >= 0.6 is 11.6 Å². The smallest absolute Gasteiger partial charge is 0.255 e. The summed E-state index contributed by atoms with van der Waals surface area (Å²) in [6, 6.07) is 3.95. The minimum atomic E-state index is -3.85. The van der Waals surface area contributed by atoms with E-state index in [0.717, 1.165) is 19.3 Å². The molecule has 2 atom stereocenters. The van der Waals surface area contributed by atoms with Gasteiger partial charge in [0, 0.05) is 11.1 Å². The second-order valence-corrected chi connectivity index (χ2v) is 7.62. The quantitative estimate of drug-likeness (QED) is 0.656. The molecule has 5 N–H and O–H groups in total. The van der Waals surface area contributed by atoms with Gasteiger partial charge in [0.05, 0.1) is 0 Å². The fourth-order valence-electron chi connectivity index (χ4n) is 2.70. The molecule has 1 amide bonds. The molecule has 9 heteroatoms. The van der Waals surface area contributed by atoms with Crippen LogP contribution in [0.1, 0.15) is 19.3 Å². The highest BCUT2D eigenvalue weighted by Crippen LogP contribution is 2.30. The number of sulfonamides is 1. The predicted octanol–water partition coefficient (Wildman–Crippen LogP) is 0.610. The van der Waals surface area contributed by atoms with E-state index >= 15 is 0 Å². The Bertz CT molecular complexity index is 681. The zero-order chi connectivity index (χ0) is 17.0. The third-order valence-corrected chi connectivity index (χ3v) is 5.58. The lowest BCUT2D eigenvalue weighted by Crippen LogP contribution is -2.40. The molecule has 2 rings (SSSR count). The molecule has 1 aromatic carbocycles. The molecule has 0 aromatic heterocycles. The van der Waals surface area contributed by atoms with Gasteiger partial charge in [-0.3, -0.25) is 4.79 Å². The fraction of sp³-hybridized carbons (Fsp3) is 0.500. The zero-order valence-electron chi connectivity index (χ0n) is 12.5. The second kappa shape index (κ2) is 7.48. The van der Waals surface area contributed by atoms with Gasteiger partial charge in [-0.15, -0.1) is 0 Å². The molecular formula is C14H20ClN3O4S. The molecule has 0 saturated heterocycles. The summed E-state index contributed by atoms with van der Waals surface area (Å²) >= 11 is 5.90. The van der Waals surface area contributed by atoms with Crippen molar-refractivity contribution < 1.29 is 17.9 Å². The highest BCUT2D eigenvalue weighted by atomic mass is 35.5. The highest BCUT2D eigenvalue weighted by molar-refractivity contribution is 7.89. The first kappa shape index (κ1) is 18.0. The molecule has 0 radical (unpaired) electrons. The number of ether oxygens (including phenoxy) is 1. The normalized spacial score (nSPS) is 21.3. The predicted molar refractivity (Wildman–Crippen MR) is 86.6 cm³/mol. The summed E-state index contributed by atoms with van der Waals surface area (Å²) in [6.45, 7) is 0.00672. The Morgan fingerprint density at radius 3 is 2.78 bits per heavy atom. The van der Waals surface area contributed by atoms with Gasteiger partial charge in [-0.25, -0.2) is 13.1 Å². The van der Waals surface area contributed by atoms with E-state index in [1.807, 2.05) is 0 Å². The van der Waals surface area contributed by atoms with Gasteiger partial charge in [-0.1, -0.05) is 18.0 Å². The topological polar surface area (TPSA) is 125 Å². The summed E-state index contributed by atoms with van der Waals surface area (Å²) < 4.78 is 33.2. The van der Waals surface area contributed by atoms with Gasteiger partial charge in [0.15, 0.2) is 6.61 Å². The number of hydrogen-bond donors (Lipinski definition) is 3. The van der Waals surface area contributed by atoms with E-state index < -0.39 is 22.5 Å². The molecule has 0 bridgehead atoms. The van der Waals surface area contributed by atoms with Gasteiger partial charge in [0.25, 0.3) is 5.91 Å². The monoisotopic (exact) mass is 361 g/mol. The lowest BCUT2D eigenvalue weighted by Gasteiger charge is -2.20.